The van der Waals surface area contributed by atoms with Gasteiger partial charge in [0.25, 0.3) is 17.7 Å². The molecule has 0 unspecified atom stereocenters. The normalized spacial score (nSPS) is 12.7. The summed E-state index contributed by atoms with van der Waals surface area (Å²) in [4.78, 5) is 120. The number of rotatable bonds is 19. The van der Waals surface area contributed by atoms with Crippen molar-refractivity contribution in [1.82, 2.24) is 56.5 Å². The average molecular weight is 1200 g/mol. The van der Waals surface area contributed by atoms with Crippen molar-refractivity contribution < 1.29 is 80.1 Å². The first kappa shape index (κ1) is 66.9. The molecule has 4 atom stereocenters. The number of aromatic carboxylic acids is 1. The van der Waals surface area contributed by atoms with Crippen LogP contribution in [0.1, 0.15) is 183 Å². The fraction of sp³-hybridized carbons (Fsp3) is 0.500. The largest absolute Gasteiger partial charge is 0.476 e. The number of amides is 5. The van der Waals surface area contributed by atoms with E-state index >= 15 is 0 Å². The molecule has 0 aliphatic rings. The zero-order valence-electron chi connectivity index (χ0n) is 48.7. The van der Waals surface area contributed by atoms with E-state index in [1.165, 1.54) is 36.9 Å². The van der Waals surface area contributed by atoms with Gasteiger partial charge in [-0.2, -0.15) is 0 Å². The van der Waals surface area contributed by atoms with Crippen LogP contribution in [0.25, 0.3) is 23.2 Å². The number of aryl methyl sites for hydroxylation is 2. The van der Waals surface area contributed by atoms with Gasteiger partial charge in [-0.3, -0.25) is 24.0 Å². The van der Waals surface area contributed by atoms with Crippen molar-refractivity contribution in [1.29, 1.82) is 0 Å². The van der Waals surface area contributed by atoms with Gasteiger partial charge in [0.1, 0.15) is 75.3 Å². The predicted molar refractivity (Wildman–Crippen MR) is 296 cm³/mol. The molecule has 6 rings (SSSR count). The Morgan fingerprint density at radius 1 is 0.590 bits per heavy atom. The van der Waals surface area contributed by atoms with Crippen molar-refractivity contribution in [3.8, 4) is 23.2 Å². The summed E-state index contributed by atoms with van der Waals surface area (Å²) in [5, 5.41) is 27.1. The number of thiazole rings is 2. The van der Waals surface area contributed by atoms with E-state index < -0.39 is 77.2 Å². The van der Waals surface area contributed by atoms with E-state index in [1.807, 2.05) is 27.7 Å². The smallest absolute Gasteiger partial charge is 0.408 e. The summed E-state index contributed by atoms with van der Waals surface area (Å²) >= 11 is 2.65. The highest BCUT2D eigenvalue weighted by Crippen LogP contribution is 2.32. The highest BCUT2D eigenvalue weighted by Gasteiger charge is 2.30. The molecule has 29 nitrogen and oxygen atoms in total. The Morgan fingerprint density at radius 2 is 0.988 bits per heavy atom. The van der Waals surface area contributed by atoms with E-state index in [1.54, 1.807) is 80.0 Å². The Balaban J connectivity index is 0.000000326. The topological polar surface area (TPSA) is 410 Å². The average Bonchev–Trinajstić information content (AvgIpc) is 4.31. The summed E-state index contributed by atoms with van der Waals surface area (Å²) in [5.74, 6) is -2.97. The molecular weight excluding hydrogens is 1130 g/mol. The lowest BCUT2D eigenvalue weighted by Crippen LogP contribution is -2.36. The Labute approximate surface area is 485 Å². The minimum Gasteiger partial charge on any atom is -0.476 e. The van der Waals surface area contributed by atoms with E-state index in [4.69, 9.17) is 38.0 Å². The lowest BCUT2D eigenvalue weighted by molar-refractivity contribution is -0.140. The fourth-order valence-corrected chi connectivity index (χ4v) is 8.64. The number of oxazole rings is 4. The molecule has 0 fully saturated rings. The number of hydrogen-bond donors (Lipinski definition) is 7. The van der Waals surface area contributed by atoms with Crippen LogP contribution in [0.5, 0.6) is 0 Å². The second-order valence-corrected chi connectivity index (χ2v) is 22.4. The Bertz CT molecular complexity index is 3200. The van der Waals surface area contributed by atoms with Gasteiger partial charge in [0.15, 0.2) is 22.8 Å². The zero-order valence-corrected chi connectivity index (χ0v) is 50.4. The molecule has 0 spiro atoms. The number of carbonyl (C=O) groups is 8. The molecule has 6 aromatic heterocycles. The highest BCUT2D eigenvalue weighted by molar-refractivity contribution is 7.10. The van der Waals surface area contributed by atoms with Gasteiger partial charge in [0, 0.05) is 10.8 Å². The molecule has 5 amide bonds. The standard InChI is InChI=1S/C26H34N6O8S.C23H29N5O7S.C3H7NO2/c1-12(2)18(32-25(36)40-26(5,6)7)24-30-16(11-41-24)23-31-19(14(4)39-23)21(35)28-13(3)22-29-15(10-38-22)20(34)27-9-17(33)37-8;1-10(2)15(28-22(32)35-23(5,6)7)20-26-14(9-36-20)19-27-16(12(4)34-19)17(29)24-11(3)18-25-13(8-33-18)21(30)31;1-6-3(5)2-4/h10-13,18H,9H2,1-8H3,(H,27,34)(H,28,35)(H,32,36);8-11,15H,1-7H3,(H,24,29)(H,28,32)(H,30,31);2,4H2,1H3/t13-,18-;11-,15+;/m00./s1. The van der Waals surface area contributed by atoms with Gasteiger partial charge in [-0.05, 0) is 81.1 Å². The van der Waals surface area contributed by atoms with Crippen LogP contribution in [0, 0.1) is 25.7 Å². The molecule has 0 aliphatic heterocycles. The molecule has 8 N–H and O–H groups in total. The number of carbonyl (C=O) groups excluding carboxylic acids is 7. The number of nitrogens with one attached hydrogen (secondary N) is 5. The van der Waals surface area contributed by atoms with E-state index in [0.717, 1.165) is 12.5 Å². The zero-order chi connectivity index (χ0) is 62.3. The van der Waals surface area contributed by atoms with E-state index in [0.29, 0.717) is 21.4 Å². The van der Waals surface area contributed by atoms with Gasteiger partial charge in [0.05, 0.1) is 32.8 Å². The Morgan fingerprint density at radius 3 is 1.33 bits per heavy atom. The Kier molecular flexibility index (Phi) is 23.7. The summed E-state index contributed by atoms with van der Waals surface area (Å²) in [5.41, 5.74) is 4.13. The number of nitrogens with zero attached hydrogens (tertiary/aromatic N) is 6. The quantitative estimate of drug-likeness (QED) is 0.0308. The van der Waals surface area contributed by atoms with Crippen molar-refractivity contribution in [3.05, 3.63) is 79.4 Å². The summed E-state index contributed by atoms with van der Waals surface area (Å²) in [6.07, 6.45) is 1.03. The molecule has 0 saturated heterocycles. The number of carboxylic acid groups (broad SMARTS) is 1. The number of aromatic nitrogens is 6. The first-order valence-corrected chi connectivity index (χ1v) is 27.2. The van der Waals surface area contributed by atoms with Gasteiger partial charge >= 0.3 is 30.1 Å². The number of alkyl carbamates (subject to hydrolysis) is 2. The number of hydrogen-bond acceptors (Lipinski definition) is 25. The highest BCUT2D eigenvalue weighted by atomic mass is 32.1. The number of carboxylic acids is 1. The number of nitrogens with two attached hydrogens (primary N) is 1. The Hall–Kier alpha value is -8.58. The number of ether oxygens (including phenoxy) is 4. The van der Waals surface area contributed by atoms with E-state index in [9.17, 15) is 38.4 Å². The fourth-order valence-electron chi connectivity index (χ4n) is 6.61. The third kappa shape index (κ3) is 20.1. The monoisotopic (exact) mass is 1200 g/mol. The lowest BCUT2D eigenvalue weighted by Gasteiger charge is -2.24. The summed E-state index contributed by atoms with van der Waals surface area (Å²) < 4.78 is 41.2. The van der Waals surface area contributed by atoms with Crippen LogP contribution in [0.4, 0.5) is 9.59 Å². The number of methoxy groups -OCH3 is 2. The van der Waals surface area contributed by atoms with Crippen LogP contribution in [0.2, 0.25) is 0 Å². The molecule has 452 valence electrons. The van der Waals surface area contributed by atoms with Crippen LogP contribution in [0.3, 0.4) is 0 Å². The molecule has 6 aromatic rings. The van der Waals surface area contributed by atoms with Crippen molar-refractivity contribution in [2.45, 2.75) is 132 Å². The third-order valence-corrected chi connectivity index (χ3v) is 12.5. The maximum absolute atomic E-state index is 13.0. The van der Waals surface area contributed by atoms with Gasteiger partial charge in [0.2, 0.25) is 23.6 Å². The van der Waals surface area contributed by atoms with Crippen molar-refractivity contribution in [3.63, 3.8) is 0 Å². The minimum absolute atomic E-state index is 0.0188. The van der Waals surface area contributed by atoms with Crippen LogP contribution in [0.15, 0.2) is 41.0 Å². The molecule has 6 heterocycles. The van der Waals surface area contributed by atoms with Crippen molar-refractivity contribution >= 4 is 70.5 Å². The third-order valence-electron chi connectivity index (χ3n) is 10.7. The SMILES string of the molecule is COC(=O)CN.COC(=O)CNC(=O)c1coc([C@H](C)NC(=O)c2nc(-c3csc([C@@H](NC(=O)OC(C)(C)C)C(C)C)n3)oc2C)n1.Cc1oc(-c2csc([C@H](NC(=O)OC(C)(C)C)C(C)C)n2)nc1C(=O)N[C@@H](C)c1nc(C(=O)O)co1. The maximum Gasteiger partial charge on any atom is 0.408 e. The van der Waals surface area contributed by atoms with Gasteiger partial charge in [-0.15, -0.1) is 22.7 Å². The minimum atomic E-state index is -1.23. The van der Waals surface area contributed by atoms with E-state index in [-0.39, 0.29) is 88.8 Å². The molecule has 0 radical (unpaired) electrons. The van der Waals surface area contributed by atoms with Crippen LogP contribution < -0.4 is 32.3 Å². The molecule has 31 heteroatoms. The first-order chi connectivity index (χ1) is 38.7. The van der Waals surface area contributed by atoms with Gasteiger partial charge in [-0.1, -0.05) is 27.7 Å². The molecule has 0 aromatic carbocycles. The van der Waals surface area contributed by atoms with E-state index in [2.05, 4.69) is 66.0 Å². The van der Waals surface area contributed by atoms with Crippen molar-refractivity contribution in [2.24, 2.45) is 17.6 Å². The number of esters is 2. The maximum atomic E-state index is 13.0. The first-order valence-electron chi connectivity index (χ1n) is 25.5. The summed E-state index contributed by atoms with van der Waals surface area (Å²) in [6, 6.07) is -2.23. The molecule has 0 bridgehead atoms. The van der Waals surface area contributed by atoms with Gasteiger partial charge in [-0.25, -0.2) is 44.3 Å². The van der Waals surface area contributed by atoms with Crippen LogP contribution in [-0.2, 0) is 28.5 Å². The second kappa shape index (κ2) is 29.4. The van der Waals surface area contributed by atoms with Crippen molar-refractivity contribution in [2.75, 3.05) is 27.3 Å². The molecule has 83 heavy (non-hydrogen) atoms. The predicted octanol–water partition coefficient (Wildman–Crippen LogP) is 7.33. The van der Waals surface area contributed by atoms with Crippen LogP contribution >= 0.6 is 22.7 Å². The molecule has 0 aliphatic carbocycles. The summed E-state index contributed by atoms with van der Waals surface area (Å²) in [7, 11) is 2.50. The molecular formula is C52H70N12O17S2. The van der Waals surface area contributed by atoms with Gasteiger partial charge < -0.3 is 74.0 Å². The summed E-state index contributed by atoms with van der Waals surface area (Å²) in [6.45, 7) is 24.6. The second-order valence-electron chi connectivity index (χ2n) is 20.6. The molecule has 0 saturated carbocycles. The lowest BCUT2D eigenvalue weighted by atomic mass is 10.1. The van der Waals surface area contributed by atoms with Crippen LogP contribution in [-0.4, -0.2) is 121 Å².